The summed E-state index contributed by atoms with van der Waals surface area (Å²) in [6.07, 6.45) is 7.79. The zero-order chi connectivity index (χ0) is 11.6. The Balaban J connectivity index is 2.00. The van der Waals surface area contributed by atoms with E-state index < -0.39 is 0 Å². The van der Waals surface area contributed by atoms with Crippen LogP contribution in [0, 0.1) is 28.6 Å². The van der Waals surface area contributed by atoms with Gasteiger partial charge in [-0.25, -0.2) is 0 Å². The SMILES string of the molecule is CC1CCCC2=CCC3C(C3(C)CO)C21C. The molecule has 0 aromatic carbocycles. The molecular weight excluding hydrogens is 196 g/mol. The molecule has 1 heteroatoms. The van der Waals surface area contributed by atoms with Crippen LogP contribution in [-0.4, -0.2) is 11.7 Å². The van der Waals surface area contributed by atoms with Crippen LogP contribution in [0.4, 0.5) is 0 Å². The minimum atomic E-state index is 0.221. The van der Waals surface area contributed by atoms with Gasteiger partial charge in [0.15, 0.2) is 0 Å². The van der Waals surface area contributed by atoms with Crippen LogP contribution in [-0.2, 0) is 0 Å². The van der Waals surface area contributed by atoms with Gasteiger partial charge in [-0.1, -0.05) is 32.4 Å². The van der Waals surface area contributed by atoms with E-state index in [1.165, 1.54) is 25.7 Å². The standard InChI is InChI=1S/C15H24O/c1-10-5-4-6-11-7-8-12-13(15(10,11)3)14(12,2)9-16/h7,10,12-13,16H,4-6,8-9H2,1-3H3. The first kappa shape index (κ1) is 10.8. The smallest absolute Gasteiger partial charge is 0.0490 e. The zero-order valence-corrected chi connectivity index (χ0v) is 10.8. The molecule has 16 heavy (non-hydrogen) atoms. The van der Waals surface area contributed by atoms with Crippen LogP contribution >= 0.6 is 0 Å². The van der Waals surface area contributed by atoms with Crippen LogP contribution in [0.5, 0.6) is 0 Å². The van der Waals surface area contributed by atoms with Crippen molar-refractivity contribution in [1.82, 2.24) is 0 Å². The maximum atomic E-state index is 9.66. The van der Waals surface area contributed by atoms with Gasteiger partial charge in [0.2, 0.25) is 0 Å². The van der Waals surface area contributed by atoms with Crippen LogP contribution in [0.25, 0.3) is 0 Å². The third-order valence-electron chi connectivity index (χ3n) is 6.25. The molecule has 2 saturated carbocycles. The fourth-order valence-corrected chi connectivity index (χ4v) is 4.97. The van der Waals surface area contributed by atoms with Gasteiger partial charge in [-0.3, -0.25) is 0 Å². The number of hydrogen-bond donors (Lipinski definition) is 1. The lowest BCUT2D eigenvalue weighted by Crippen LogP contribution is -2.37. The summed E-state index contributed by atoms with van der Waals surface area (Å²) in [4.78, 5) is 0. The summed E-state index contributed by atoms with van der Waals surface area (Å²) in [5, 5.41) is 9.66. The van der Waals surface area contributed by atoms with Crippen molar-refractivity contribution < 1.29 is 5.11 Å². The van der Waals surface area contributed by atoms with Gasteiger partial charge in [-0.15, -0.1) is 0 Å². The van der Waals surface area contributed by atoms with Crippen LogP contribution in [0.1, 0.15) is 46.5 Å². The second-order valence-corrected chi connectivity index (χ2v) is 6.79. The Morgan fingerprint density at radius 2 is 2.19 bits per heavy atom. The van der Waals surface area contributed by atoms with Gasteiger partial charge in [0, 0.05) is 6.61 Å². The molecular formula is C15H24O. The van der Waals surface area contributed by atoms with E-state index in [-0.39, 0.29) is 5.41 Å². The normalized spacial score (nSPS) is 55.0. The van der Waals surface area contributed by atoms with Crippen LogP contribution in [0.2, 0.25) is 0 Å². The molecule has 0 bridgehead atoms. The van der Waals surface area contributed by atoms with E-state index in [0.29, 0.717) is 12.0 Å². The van der Waals surface area contributed by atoms with Gasteiger partial charge in [-0.05, 0) is 54.3 Å². The molecule has 0 heterocycles. The lowest BCUT2D eigenvalue weighted by molar-refractivity contribution is 0.118. The third-order valence-corrected chi connectivity index (χ3v) is 6.25. The molecule has 0 spiro atoms. The molecule has 3 rings (SSSR count). The monoisotopic (exact) mass is 220 g/mol. The van der Waals surface area contributed by atoms with Gasteiger partial charge in [-0.2, -0.15) is 0 Å². The maximum Gasteiger partial charge on any atom is 0.0490 e. The molecule has 0 aromatic rings. The second-order valence-electron chi connectivity index (χ2n) is 6.79. The van der Waals surface area contributed by atoms with Gasteiger partial charge in [0.1, 0.15) is 0 Å². The summed E-state index contributed by atoms with van der Waals surface area (Å²) in [7, 11) is 0. The quantitative estimate of drug-likeness (QED) is 0.672. The maximum absolute atomic E-state index is 9.66. The highest BCUT2D eigenvalue weighted by atomic mass is 16.3. The van der Waals surface area contributed by atoms with Gasteiger partial charge < -0.3 is 5.11 Å². The Bertz CT molecular complexity index is 345. The first-order valence-electron chi connectivity index (χ1n) is 6.85. The predicted octanol–water partition coefficient (Wildman–Crippen LogP) is 3.39. The van der Waals surface area contributed by atoms with Crippen molar-refractivity contribution in [1.29, 1.82) is 0 Å². The summed E-state index contributed by atoms with van der Waals surface area (Å²) in [6, 6.07) is 0. The molecule has 0 radical (unpaired) electrons. The van der Waals surface area contributed by atoms with Crippen LogP contribution in [0.15, 0.2) is 11.6 Å². The van der Waals surface area contributed by atoms with Crippen LogP contribution in [0.3, 0.4) is 0 Å². The number of rotatable bonds is 1. The molecule has 3 aliphatic carbocycles. The van der Waals surface area contributed by atoms with E-state index in [1.807, 2.05) is 0 Å². The van der Waals surface area contributed by atoms with Crippen molar-refractivity contribution in [3.8, 4) is 0 Å². The lowest BCUT2D eigenvalue weighted by atomic mass is 9.59. The highest BCUT2D eigenvalue weighted by Gasteiger charge is 2.69. The average molecular weight is 220 g/mol. The first-order valence-corrected chi connectivity index (χ1v) is 6.85. The van der Waals surface area contributed by atoms with E-state index in [4.69, 9.17) is 0 Å². The van der Waals surface area contributed by atoms with Crippen molar-refractivity contribution in [2.45, 2.75) is 46.5 Å². The van der Waals surface area contributed by atoms with Crippen molar-refractivity contribution in [2.24, 2.45) is 28.6 Å². The molecule has 90 valence electrons. The molecule has 3 aliphatic rings. The van der Waals surface area contributed by atoms with Crippen molar-refractivity contribution in [3.05, 3.63) is 11.6 Å². The minimum Gasteiger partial charge on any atom is -0.396 e. The molecule has 5 unspecified atom stereocenters. The minimum absolute atomic E-state index is 0.221. The number of aliphatic hydroxyl groups excluding tert-OH is 1. The summed E-state index contributed by atoms with van der Waals surface area (Å²) in [5.41, 5.74) is 2.33. The molecule has 2 fully saturated rings. The van der Waals surface area contributed by atoms with E-state index in [2.05, 4.69) is 26.8 Å². The number of allylic oxidation sites excluding steroid dienone is 2. The molecule has 0 amide bonds. The summed E-state index contributed by atoms with van der Waals surface area (Å²) >= 11 is 0. The average Bonchev–Trinajstić information content (AvgIpc) is 2.89. The first-order chi connectivity index (χ1) is 7.55. The van der Waals surface area contributed by atoms with Crippen molar-refractivity contribution in [3.63, 3.8) is 0 Å². The highest BCUT2D eigenvalue weighted by Crippen LogP contribution is 2.74. The highest BCUT2D eigenvalue weighted by molar-refractivity contribution is 5.32. The second kappa shape index (κ2) is 3.13. The molecule has 1 nitrogen and oxygen atoms in total. The number of fused-ring (bicyclic) bond motifs is 3. The molecule has 0 saturated heterocycles. The largest absolute Gasteiger partial charge is 0.396 e. The van der Waals surface area contributed by atoms with E-state index in [0.717, 1.165) is 17.8 Å². The molecule has 0 aromatic heterocycles. The topological polar surface area (TPSA) is 20.2 Å². The fraction of sp³-hybridized carbons (Fsp3) is 0.867. The third kappa shape index (κ3) is 1.06. The van der Waals surface area contributed by atoms with Gasteiger partial charge >= 0.3 is 0 Å². The fourth-order valence-electron chi connectivity index (χ4n) is 4.97. The van der Waals surface area contributed by atoms with Crippen LogP contribution < -0.4 is 0 Å². The Morgan fingerprint density at radius 3 is 2.88 bits per heavy atom. The molecule has 5 atom stereocenters. The zero-order valence-electron chi connectivity index (χ0n) is 10.8. The molecule has 1 N–H and O–H groups in total. The Morgan fingerprint density at radius 1 is 1.44 bits per heavy atom. The Hall–Kier alpha value is -0.300. The summed E-state index contributed by atoms with van der Waals surface area (Å²) < 4.78 is 0. The van der Waals surface area contributed by atoms with Crippen molar-refractivity contribution in [2.75, 3.05) is 6.61 Å². The lowest BCUT2D eigenvalue weighted by Gasteiger charge is -2.45. The van der Waals surface area contributed by atoms with E-state index in [9.17, 15) is 5.11 Å². The Kier molecular flexibility index (Phi) is 2.12. The van der Waals surface area contributed by atoms with Gasteiger partial charge in [0.25, 0.3) is 0 Å². The van der Waals surface area contributed by atoms with E-state index in [1.54, 1.807) is 5.57 Å². The number of aliphatic hydroxyl groups is 1. The van der Waals surface area contributed by atoms with Gasteiger partial charge in [0.05, 0.1) is 0 Å². The van der Waals surface area contributed by atoms with Crippen molar-refractivity contribution >= 4 is 0 Å². The Labute approximate surface area is 98.9 Å². The predicted molar refractivity (Wildman–Crippen MR) is 66.0 cm³/mol. The van der Waals surface area contributed by atoms with E-state index >= 15 is 0 Å². The number of hydrogen-bond acceptors (Lipinski definition) is 1. The summed E-state index contributed by atoms with van der Waals surface area (Å²) in [6.45, 7) is 7.57. The summed E-state index contributed by atoms with van der Waals surface area (Å²) in [5.74, 6) is 2.31. The molecule has 0 aliphatic heterocycles.